The fourth-order valence-electron chi connectivity index (χ4n) is 2.54. The molecule has 1 aliphatic rings. The number of nitrogens with two attached hydrogens (primary N) is 1. The summed E-state index contributed by atoms with van der Waals surface area (Å²) in [7, 11) is 0. The number of rotatable bonds is 3. The first-order valence-electron chi connectivity index (χ1n) is 6.59. The van der Waals surface area contributed by atoms with E-state index in [1.807, 2.05) is 18.2 Å². The van der Waals surface area contributed by atoms with Crippen LogP contribution in [0.15, 0.2) is 36.4 Å². The molecule has 0 radical (unpaired) electrons. The van der Waals surface area contributed by atoms with Crippen LogP contribution in [0, 0.1) is 5.82 Å². The van der Waals surface area contributed by atoms with Crippen molar-refractivity contribution in [2.75, 3.05) is 0 Å². The van der Waals surface area contributed by atoms with Crippen molar-refractivity contribution in [1.82, 2.24) is 0 Å². The van der Waals surface area contributed by atoms with Crippen LogP contribution in [-0.4, -0.2) is 0 Å². The monoisotopic (exact) mass is 291 g/mol. The lowest BCUT2D eigenvalue weighted by Gasteiger charge is -2.10. The van der Waals surface area contributed by atoms with E-state index in [1.54, 1.807) is 12.1 Å². The van der Waals surface area contributed by atoms with Crippen LogP contribution in [0.25, 0.3) is 0 Å². The van der Waals surface area contributed by atoms with Crippen molar-refractivity contribution in [3.63, 3.8) is 0 Å². The topological polar surface area (TPSA) is 35.2 Å². The number of fused-ring (bicyclic) bond motifs is 1. The van der Waals surface area contributed by atoms with E-state index < -0.39 is 5.82 Å². The molecule has 0 spiro atoms. The Morgan fingerprint density at radius 1 is 1.30 bits per heavy atom. The van der Waals surface area contributed by atoms with E-state index in [0.29, 0.717) is 5.56 Å². The zero-order valence-corrected chi connectivity index (χ0v) is 11.7. The highest BCUT2D eigenvalue weighted by Crippen LogP contribution is 2.32. The van der Waals surface area contributed by atoms with Crippen molar-refractivity contribution >= 4 is 11.6 Å². The Labute approximate surface area is 122 Å². The molecule has 0 heterocycles. The van der Waals surface area contributed by atoms with Crippen molar-refractivity contribution in [2.24, 2.45) is 5.73 Å². The smallest absolute Gasteiger partial charge is 0.148 e. The summed E-state index contributed by atoms with van der Waals surface area (Å²) in [5.74, 6) is 0.314. The fraction of sp³-hybridized carbons (Fsp3) is 0.250. The highest BCUT2D eigenvalue weighted by molar-refractivity contribution is 6.30. The third kappa shape index (κ3) is 2.51. The molecule has 0 aromatic heterocycles. The van der Waals surface area contributed by atoms with Gasteiger partial charge in [-0.15, -0.1) is 0 Å². The minimum absolute atomic E-state index is 0.117. The Kier molecular flexibility index (Phi) is 3.64. The van der Waals surface area contributed by atoms with Crippen molar-refractivity contribution in [2.45, 2.75) is 25.5 Å². The molecule has 4 heteroatoms. The summed E-state index contributed by atoms with van der Waals surface area (Å²) >= 11 is 5.74. The summed E-state index contributed by atoms with van der Waals surface area (Å²) in [6, 6.07) is 10.9. The number of halogens is 2. The molecule has 20 heavy (non-hydrogen) atoms. The summed E-state index contributed by atoms with van der Waals surface area (Å²) in [4.78, 5) is 0. The van der Waals surface area contributed by atoms with Gasteiger partial charge < -0.3 is 10.5 Å². The van der Waals surface area contributed by atoms with Crippen molar-refractivity contribution in [1.29, 1.82) is 0 Å². The SMILES string of the molecule is N[C@@H]1CCc2cc(OCc3cccc(Cl)c3F)ccc21. The molecule has 104 valence electrons. The molecule has 0 fully saturated rings. The van der Waals surface area contributed by atoms with Gasteiger partial charge in [-0.05, 0) is 42.2 Å². The summed E-state index contributed by atoms with van der Waals surface area (Å²) in [6.07, 6.45) is 1.95. The van der Waals surface area contributed by atoms with Gasteiger partial charge in [-0.2, -0.15) is 0 Å². The van der Waals surface area contributed by atoms with E-state index >= 15 is 0 Å². The van der Waals surface area contributed by atoms with Gasteiger partial charge >= 0.3 is 0 Å². The first-order chi connectivity index (χ1) is 9.65. The van der Waals surface area contributed by atoms with Gasteiger partial charge in [0.05, 0.1) is 5.02 Å². The average Bonchev–Trinajstić information content (AvgIpc) is 2.82. The van der Waals surface area contributed by atoms with Crippen molar-refractivity contribution in [3.05, 3.63) is 63.9 Å². The molecule has 2 aromatic carbocycles. The molecule has 0 unspecified atom stereocenters. The Hall–Kier alpha value is -1.58. The molecule has 0 aliphatic heterocycles. The van der Waals surface area contributed by atoms with Crippen LogP contribution in [0.4, 0.5) is 4.39 Å². The predicted molar refractivity (Wildman–Crippen MR) is 77.4 cm³/mol. The van der Waals surface area contributed by atoms with E-state index in [0.717, 1.165) is 18.6 Å². The van der Waals surface area contributed by atoms with E-state index in [2.05, 4.69) is 0 Å². The van der Waals surface area contributed by atoms with Crippen LogP contribution < -0.4 is 10.5 Å². The Balaban J connectivity index is 1.74. The van der Waals surface area contributed by atoms with Crippen LogP contribution in [0.5, 0.6) is 5.75 Å². The van der Waals surface area contributed by atoms with Gasteiger partial charge in [0.1, 0.15) is 18.2 Å². The van der Waals surface area contributed by atoms with Crippen LogP contribution >= 0.6 is 11.6 Å². The van der Waals surface area contributed by atoms with Crippen LogP contribution in [0.3, 0.4) is 0 Å². The lowest BCUT2D eigenvalue weighted by atomic mass is 10.1. The minimum atomic E-state index is -0.419. The second-order valence-corrected chi connectivity index (χ2v) is 5.41. The largest absolute Gasteiger partial charge is 0.489 e. The zero-order chi connectivity index (χ0) is 14.1. The fourth-order valence-corrected chi connectivity index (χ4v) is 2.73. The van der Waals surface area contributed by atoms with Crippen LogP contribution in [0.2, 0.25) is 5.02 Å². The number of hydrogen-bond donors (Lipinski definition) is 1. The molecule has 0 saturated carbocycles. The van der Waals surface area contributed by atoms with Crippen molar-refractivity contribution < 1.29 is 9.13 Å². The molecule has 0 saturated heterocycles. The lowest BCUT2D eigenvalue weighted by molar-refractivity contribution is 0.299. The quantitative estimate of drug-likeness (QED) is 0.927. The third-order valence-corrected chi connectivity index (χ3v) is 3.96. The summed E-state index contributed by atoms with van der Waals surface area (Å²) in [5, 5.41) is 0.117. The molecule has 1 aliphatic carbocycles. The Morgan fingerprint density at radius 3 is 3.00 bits per heavy atom. The highest BCUT2D eigenvalue weighted by atomic mass is 35.5. The van der Waals surface area contributed by atoms with Crippen LogP contribution in [-0.2, 0) is 13.0 Å². The molecule has 0 amide bonds. The number of hydrogen-bond acceptors (Lipinski definition) is 2. The van der Waals surface area contributed by atoms with Gasteiger partial charge in [-0.25, -0.2) is 4.39 Å². The minimum Gasteiger partial charge on any atom is -0.489 e. The maximum absolute atomic E-state index is 13.7. The van der Waals surface area contributed by atoms with E-state index in [-0.39, 0.29) is 17.7 Å². The number of aryl methyl sites for hydroxylation is 1. The molecule has 3 rings (SSSR count). The number of benzene rings is 2. The van der Waals surface area contributed by atoms with Crippen LogP contribution in [0.1, 0.15) is 29.2 Å². The normalized spacial score (nSPS) is 17.1. The standard InChI is InChI=1S/C16H15ClFNO/c17-14-3-1-2-11(16(14)18)9-20-12-5-6-13-10(8-12)4-7-15(13)19/h1-3,5-6,8,15H,4,7,9,19H2/t15-/m1/s1. The average molecular weight is 292 g/mol. The van der Waals surface area contributed by atoms with Gasteiger partial charge in [-0.1, -0.05) is 29.8 Å². The van der Waals surface area contributed by atoms with E-state index in [1.165, 1.54) is 17.2 Å². The first-order valence-corrected chi connectivity index (χ1v) is 6.97. The molecule has 2 aromatic rings. The summed E-state index contributed by atoms with van der Waals surface area (Å²) in [6.45, 7) is 0.164. The third-order valence-electron chi connectivity index (χ3n) is 3.66. The van der Waals surface area contributed by atoms with Gasteiger partial charge in [0.15, 0.2) is 0 Å². The van der Waals surface area contributed by atoms with Crippen molar-refractivity contribution in [3.8, 4) is 5.75 Å². The second-order valence-electron chi connectivity index (χ2n) is 5.01. The molecule has 0 bridgehead atoms. The maximum Gasteiger partial charge on any atom is 0.148 e. The molecular formula is C16H15ClFNO. The van der Waals surface area contributed by atoms with Gasteiger partial charge in [-0.3, -0.25) is 0 Å². The lowest BCUT2D eigenvalue weighted by Crippen LogP contribution is -2.05. The first kappa shape index (κ1) is 13.4. The van der Waals surface area contributed by atoms with Gasteiger partial charge in [0.2, 0.25) is 0 Å². The summed E-state index contributed by atoms with van der Waals surface area (Å²) in [5.41, 5.74) is 8.86. The molecule has 2 nitrogen and oxygen atoms in total. The Bertz CT molecular complexity index is 644. The predicted octanol–water partition coefficient (Wildman–Crippen LogP) is 4.00. The second kappa shape index (κ2) is 5.43. The highest BCUT2D eigenvalue weighted by Gasteiger charge is 2.19. The van der Waals surface area contributed by atoms with E-state index in [4.69, 9.17) is 22.1 Å². The maximum atomic E-state index is 13.7. The van der Waals surface area contributed by atoms with E-state index in [9.17, 15) is 4.39 Å². The number of ether oxygens (including phenoxy) is 1. The van der Waals surface area contributed by atoms with Gasteiger partial charge in [0.25, 0.3) is 0 Å². The zero-order valence-electron chi connectivity index (χ0n) is 10.9. The molecule has 2 N–H and O–H groups in total. The molecule has 1 atom stereocenters. The Morgan fingerprint density at radius 2 is 2.15 bits per heavy atom. The van der Waals surface area contributed by atoms with Gasteiger partial charge in [0, 0.05) is 11.6 Å². The molecular weight excluding hydrogens is 277 g/mol. The summed E-state index contributed by atoms with van der Waals surface area (Å²) < 4.78 is 19.4.